The van der Waals surface area contributed by atoms with Gasteiger partial charge in [0.05, 0.1) is 12.3 Å². The summed E-state index contributed by atoms with van der Waals surface area (Å²) >= 11 is 0. The average molecular weight is 349 g/mol. The first-order chi connectivity index (χ1) is 12.8. The van der Waals surface area contributed by atoms with Crippen molar-refractivity contribution in [2.75, 3.05) is 13.1 Å². The highest BCUT2D eigenvalue weighted by atomic mass is 16.3. The molecule has 1 aromatic carbocycles. The van der Waals surface area contributed by atoms with Gasteiger partial charge in [-0.05, 0) is 24.5 Å². The van der Waals surface area contributed by atoms with Crippen LogP contribution in [0.3, 0.4) is 0 Å². The number of amides is 1. The lowest BCUT2D eigenvalue weighted by Gasteiger charge is -2.33. The number of rotatable bonds is 4. The summed E-state index contributed by atoms with van der Waals surface area (Å²) in [6, 6.07) is 12.1. The van der Waals surface area contributed by atoms with Crippen LogP contribution < -0.4 is 0 Å². The lowest BCUT2D eigenvalue weighted by molar-refractivity contribution is 0.0647. The quantitative estimate of drug-likeness (QED) is 0.710. The molecule has 1 atom stereocenters. The highest BCUT2D eigenvalue weighted by Gasteiger charge is 2.29. The molecule has 4 rings (SSSR count). The first-order valence-corrected chi connectivity index (χ1v) is 9.22. The summed E-state index contributed by atoms with van der Waals surface area (Å²) in [5, 5.41) is 0. The van der Waals surface area contributed by atoms with Gasteiger partial charge in [-0.1, -0.05) is 37.3 Å². The Kier molecular flexibility index (Phi) is 4.61. The van der Waals surface area contributed by atoms with E-state index < -0.39 is 0 Å². The second-order valence-corrected chi connectivity index (χ2v) is 6.68. The fourth-order valence-electron chi connectivity index (χ4n) is 3.78. The maximum atomic E-state index is 13.1. The van der Waals surface area contributed by atoms with E-state index in [9.17, 15) is 4.79 Å². The van der Waals surface area contributed by atoms with E-state index in [1.807, 2.05) is 53.7 Å². The van der Waals surface area contributed by atoms with Crippen molar-refractivity contribution < 1.29 is 9.21 Å². The van der Waals surface area contributed by atoms with Crippen molar-refractivity contribution in [2.45, 2.75) is 32.2 Å². The minimum atomic E-state index is -0.0308. The monoisotopic (exact) mass is 349 g/mol. The third-order valence-electron chi connectivity index (χ3n) is 5.09. The minimum Gasteiger partial charge on any atom is -0.459 e. The summed E-state index contributed by atoms with van der Waals surface area (Å²) in [6.07, 6.45) is 8.42. The molecular weight excluding hydrogens is 326 g/mol. The van der Waals surface area contributed by atoms with Gasteiger partial charge in [-0.15, -0.1) is 0 Å². The predicted octanol–water partition coefficient (Wildman–Crippen LogP) is 4.18. The Bertz CT molecular complexity index is 882. The third-order valence-corrected chi connectivity index (χ3v) is 5.09. The van der Waals surface area contributed by atoms with Crippen molar-refractivity contribution in [3.8, 4) is 11.1 Å². The Balaban J connectivity index is 1.57. The first kappa shape index (κ1) is 16.6. The molecule has 0 bridgehead atoms. The zero-order chi connectivity index (χ0) is 17.9. The van der Waals surface area contributed by atoms with E-state index in [4.69, 9.17) is 4.42 Å². The van der Waals surface area contributed by atoms with E-state index in [0.717, 1.165) is 42.8 Å². The number of likely N-dealkylation sites (tertiary alicyclic amines) is 1. The van der Waals surface area contributed by atoms with Crippen LogP contribution in [-0.4, -0.2) is 33.4 Å². The molecule has 26 heavy (non-hydrogen) atoms. The highest BCUT2D eigenvalue weighted by Crippen LogP contribution is 2.29. The number of carbonyl (C=O) groups excluding carboxylic acids is 1. The van der Waals surface area contributed by atoms with Gasteiger partial charge in [0.15, 0.2) is 5.76 Å². The van der Waals surface area contributed by atoms with Gasteiger partial charge in [0.25, 0.3) is 5.91 Å². The second kappa shape index (κ2) is 7.20. The van der Waals surface area contributed by atoms with Gasteiger partial charge in [0.2, 0.25) is 0 Å². The van der Waals surface area contributed by atoms with Gasteiger partial charge in [-0.2, -0.15) is 0 Å². The van der Waals surface area contributed by atoms with E-state index in [1.54, 1.807) is 6.26 Å². The minimum absolute atomic E-state index is 0.0308. The summed E-state index contributed by atoms with van der Waals surface area (Å²) in [4.78, 5) is 19.5. The third kappa shape index (κ3) is 3.05. The molecule has 2 aromatic heterocycles. The molecule has 1 amide bonds. The number of aromatic nitrogens is 2. The molecule has 5 nitrogen and oxygen atoms in total. The van der Waals surface area contributed by atoms with Crippen LogP contribution in [0.2, 0.25) is 0 Å². The van der Waals surface area contributed by atoms with Crippen LogP contribution in [0.1, 0.15) is 42.2 Å². The average Bonchev–Trinajstić information content (AvgIpc) is 3.37. The molecule has 1 aliphatic heterocycles. The van der Waals surface area contributed by atoms with Crippen LogP contribution in [0.5, 0.6) is 0 Å². The Morgan fingerprint density at radius 2 is 2.12 bits per heavy atom. The Morgan fingerprint density at radius 3 is 2.92 bits per heavy atom. The fraction of sp³-hybridized carbons (Fsp3) is 0.333. The van der Waals surface area contributed by atoms with Crippen molar-refractivity contribution in [2.24, 2.45) is 0 Å². The van der Waals surface area contributed by atoms with Crippen molar-refractivity contribution in [1.82, 2.24) is 14.5 Å². The molecule has 1 fully saturated rings. The molecule has 0 spiro atoms. The first-order valence-electron chi connectivity index (χ1n) is 9.22. The van der Waals surface area contributed by atoms with Crippen LogP contribution in [-0.2, 0) is 6.42 Å². The van der Waals surface area contributed by atoms with Crippen molar-refractivity contribution >= 4 is 5.91 Å². The molecule has 5 heteroatoms. The van der Waals surface area contributed by atoms with Crippen LogP contribution in [0, 0.1) is 0 Å². The number of carbonyl (C=O) groups is 1. The Morgan fingerprint density at radius 1 is 1.27 bits per heavy atom. The van der Waals surface area contributed by atoms with Gasteiger partial charge in [0.1, 0.15) is 5.82 Å². The zero-order valence-electron chi connectivity index (χ0n) is 15.0. The molecule has 134 valence electrons. The molecule has 0 unspecified atom stereocenters. The Labute approximate surface area is 153 Å². The number of imidazole rings is 1. The van der Waals surface area contributed by atoms with E-state index in [1.165, 1.54) is 0 Å². The molecule has 0 aliphatic carbocycles. The van der Waals surface area contributed by atoms with Gasteiger partial charge < -0.3 is 13.9 Å². The summed E-state index contributed by atoms with van der Waals surface area (Å²) < 4.78 is 7.82. The Hall–Kier alpha value is -2.82. The molecule has 1 saturated heterocycles. The normalized spacial score (nSPS) is 17.4. The topological polar surface area (TPSA) is 51.3 Å². The van der Waals surface area contributed by atoms with Gasteiger partial charge in [-0.3, -0.25) is 4.79 Å². The maximum absolute atomic E-state index is 13.1. The summed E-state index contributed by atoms with van der Waals surface area (Å²) in [5.74, 6) is 1.47. The SMILES string of the molecule is CCc1nccn1[C@H]1CCCN(C(=O)c2occc2-c2ccccc2)C1. The lowest BCUT2D eigenvalue weighted by atomic mass is 10.0. The van der Waals surface area contributed by atoms with Crippen LogP contribution in [0.4, 0.5) is 0 Å². The van der Waals surface area contributed by atoms with Crippen LogP contribution >= 0.6 is 0 Å². The standard InChI is InChI=1S/C21H23N3O2/c1-2-19-22-11-13-24(19)17-9-6-12-23(15-17)21(25)20-18(10-14-26-20)16-7-4-3-5-8-16/h3-5,7-8,10-11,13-14,17H,2,6,9,12,15H2,1H3/t17-/m0/s1. The molecule has 1 aliphatic rings. The van der Waals surface area contributed by atoms with Crippen molar-refractivity contribution in [3.63, 3.8) is 0 Å². The van der Waals surface area contributed by atoms with E-state index in [0.29, 0.717) is 12.3 Å². The van der Waals surface area contributed by atoms with Crippen molar-refractivity contribution in [1.29, 1.82) is 0 Å². The van der Waals surface area contributed by atoms with Gasteiger partial charge in [-0.25, -0.2) is 4.98 Å². The number of nitrogens with zero attached hydrogens (tertiary/aromatic N) is 3. The number of benzene rings is 1. The fourth-order valence-corrected chi connectivity index (χ4v) is 3.78. The molecule has 0 N–H and O–H groups in total. The number of piperidine rings is 1. The number of aryl methyl sites for hydroxylation is 1. The molecular formula is C21H23N3O2. The molecule has 3 heterocycles. The van der Waals surface area contributed by atoms with Crippen LogP contribution in [0.25, 0.3) is 11.1 Å². The summed E-state index contributed by atoms with van der Waals surface area (Å²) in [7, 11) is 0. The number of furan rings is 1. The number of hydrogen-bond donors (Lipinski definition) is 0. The maximum Gasteiger partial charge on any atom is 0.290 e. The zero-order valence-corrected chi connectivity index (χ0v) is 15.0. The smallest absolute Gasteiger partial charge is 0.290 e. The van der Waals surface area contributed by atoms with E-state index in [-0.39, 0.29) is 11.9 Å². The predicted molar refractivity (Wildman–Crippen MR) is 99.9 cm³/mol. The van der Waals surface area contributed by atoms with E-state index >= 15 is 0 Å². The largest absolute Gasteiger partial charge is 0.459 e. The summed E-state index contributed by atoms with van der Waals surface area (Å²) in [6.45, 7) is 3.57. The van der Waals surface area contributed by atoms with Crippen LogP contribution in [0.15, 0.2) is 59.5 Å². The second-order valence-electron chi connectivity index (χ2n) is 6.68. The molecule has 0 saturated carbocycles. The van der Waals surface area contributed by atoms with E-state index in [2.05, 4.69) is 16.5 Å². The number of hydrogen-bond acceptors (Lipinski definition) is 3. The lowest BCUT2D eigenvalue weighted by Crippen LogP contribution is -2.41. The molecule has 0 radical (unpaired) electrons. The molecule has 3 aromatic rings. The summed E-state index contributed by atoms with van der Waals surface area (Å²) in [5.41, 5.74) is 1.86. The highest BCUT2D eigenvalue weighted by molar-refractivity contribution is 5.98. The van der Waals surface area contributed by atoms with Gasteiger partial charge in [0, 0.05) is 37.5 Å². The van der Waals surface area contributed by atoms with Crippen molar-refractivity contribution in [3.05, 3.63) is 66.6 Å². The van der Waals surface area contributed by atoms with Gasteiger partial charge >= 0.3 is 0 Å².